The van der Waals surface area contributed by atoms with Crippen LogP contribution in [0.3, 0.4) is 0 Å². The topological polar surface area (TPSA) is 42.4 Å². The molecule has 1 aliphatic rings. The largest absolute Gasteiger partial charge is 0.471 e. The lowest BCUT2D eigenvalue weighted by Gasteiger charge is -2.38. The molecule has 0 unspecified atom stereocenters. The molecule has 0 radical (unpaired) electrons. The number of hydrogen-bond acceptors (Lipinski definition) is 3. The van der Waals surface area contributed by atoms with E-state index in [1.165, 1.54) is 0 Å². The molecule has 1 aromatic heterocycles. The smallest absolute Gasteiger partial charge is 0.246 e. The highest BCUT2D eigenvalue weighted by Gasteiger charge is 2.31. The number of fused-ring (bicyclic) bond motifs is 1. The number of para-hydroxylation sites is 1. The number of hydrogen-bond donors (Lipinski definition) is 0. The first kappa shape index (κ1) is 12.7. The average molecular weight is 268 g/mol. The van der Waals surface area contributed by atoms with Crippen LogP contribution in [0.15, 0.2) is 48.6 Å². The standard InChI is InChI=1S/C16H16N2O2/c1-2-5-16(19)18-10-13(11-18)20-15-9-8-12-6-3-4-7-14(12)17-15/h2-9,13H,10-11H2,1H3/b5-2+. The van der Waals surface area contributed by atoms with Crippen LogP contribution in [0.5, 0.6) is 5.88 Å². The molecule has 0 N–H and O–H groups in total. The third-order valence-corrected chi connectivity index (χ3v) is 3.33. The van der Waals surface area contributed by atoms with E-state index in [1.807, 2.05) is 43.3 Å². The molecule has 4 nitrogen and oxygen atoms in total. The maximum Gasteiger partial charge on any atom is 0.246 e. The number of pyridine rings is 1. The summed E-state index contributed by atoms with van der Waals surface area (Å²) < 4.78 is 5.79. The highest BCUT2D eigenvalue weighted by molar-refractivity contribution is 5.88. The number of nitrogens with zero attached hydrogens (tertiary/aromatic N) is 2. The van der Waals surface area contributed by atoms with E-state index in [0.29, 0.717) is 19.0 Å². The second kappa shape index (κ2) is 5.33. The SMILES string of the molecule is C/C=C/C(=O)N1CC(Oc2ccc3ccccc3n2)C1. The van der Waals surface area contributed by atoms with Gasteiger partial charge >= 0.3 is 0 Å². The molecule has 0 saturated carbocycles. The molecule has 0 bridgehead atoms. The number of benzene rings is 1. The third kappa shape index (κ3) is 2.50. The number of allylic oxidation sites excluding steroid dienone is 1. The minimum absolute atomic E-state index is 0.0397. The van der Waals surface area contributed by atoms with E-state index in [9.17, 15) is 4.79 Å². The predicted molar refractivity (Wildman–Crippen MR) is 77.6 cm³/mol. The Morgan fingerprint density at radius 1 is 1.30 bits per heavy atom. The van der Waals surface area contributed by atoms with Crippen LogP contribution in [0.4, 0.5) is 0 Å². The molecule has 4 heteroatoms. The van der Waals surface area contributed by atoms with Gasteiger partial charge in [-0.25, -0.2) is 4.98 Å². The van der Waals surface area contributed by atoms with Gasteiger partial charge in [0.2, 0.25) is 11.8 Å². The summed E-state index contributed by atoms with van der Waals surface area (Å²) in [6, 6.07) is 11.8. The monoisotopic (exact) mass is 268 g/mol. The second-order valence-electron chi connectivity index (χ2n) is 4.83. The number of amides is 1. The number of likely N-dealkylation sites (tertiary alicyclic amines) is 1. The molecule has 0 atom stereocenters. The van der Waals surface area contributed by atoms with Crippen molar-refractivity contribution in [2.45, 2.75) is 13.0 Å². The van der Waals surface area contributed by atoms with Crippen LogP contribution in [-0.2, 0) is 4.79 Å². The summed E-state index contributed by atoms with van der Waals surface area (Å²) in [6.45, 7) is 3.08. The highest BCUT2D eigenvalue weighted by Crippen LogP contribution is 2.20. The first-order chi connectivity index (χ1) is 9.76. The fourth-order valence-electron chi connectivity index (χ4n) is 2.22. The summed E-state index contributed by atoms with van der Waals surface area (Å²) in [4.78, 5) is 17.8. The highest BCUT2D eigenvalue weighted by atomic mass is 16.5. The van der Waals surface area contributed by atoms with Crippen molar-refractivity contribution < 1.29 is 9.53 Å². The fraction of sp³-hybridized carbons (Fsp3) is 0.250. The van der Waals surface area contributed by atoms with Crippen LogP contribution in [0.1, 0.15) is 6.92 Å². The molecule has 1 saturated heterocycles. The minimum Gasteiger partial charge on any atom is -0.471 e. The van der Waals surface area contributed by atoms with Crippen molar-refractivity contribution in [3.05, 3.63) is 48.6 Å². The Hall–Kier alpha value is -2.36. The molecule has 0 aliphatic carbocycles. The van der Waals surface area contributed by atoms with E-state index in [-0.39, 0.29) is 12.0 Å². The lowest BCUT2D eigenvalue weighted by atomic mass is 10.1. The Kier molecular flexibility index (Phi) is 3.37. The lowest BCUT2D eigenvalue weighted by Crippen LogP contribution is -2.55. The zero-order valence-electron chi connectivity index (χ0n) is 11.3. The van der Waals surface area contributed by atoms with Crippen LogP contribution in [0.25, 0.3) is 10.9 Å². The van der Waals surface area contributed by atoms with Crippen LogP contribution < -0.4 is 4.74 Å². The average Bonchev–Trinajstić information content (AvgIpc) is 2.42. The number of rotatable bonds is 3. The molecule has 2 aromatic rings. The zero-order valence-corrected chi connectivity index (χ0v) is 11.3. The van der Waals surface area contributed by atoms with Crippen LogP contribution in [0.2, 0.25) is 0 Å². The summed E-state index contributed by atoms with van der Waals surface area (Å²) in [5.74, 6) is 0.658. The van der Waals surface area contributed by atoms with Gasteiger partial charge in [-0.3, -0.25) is 4.79 Å². The minimum atomic E-state index is 0.0397. The summed E-state index contributed by atoms with van der Waals surface area (Å²) in [6.07, 6.45) is 3.36. The van der Waals surface area contributed by atoms with Crippen molar-refractivity contribution >= 4 is 16.8 Å². The molecule has 3 rings (SSSR count). The van der Waals surface area contributed by atoms with Crippen molar-refractivity contribution in [3.8, 4) is 5.88 Å². The summed E-state index contributed by atoms with van der Waals surface area (Å²) in [7, 11) is 0. The van der Waals surface area contributed by atoms with Crippen molar-refractivity contribution in [1.29, 1.82) is 0 Å². The quantitative estimate of drug-likeness (QED) is 0.803. The maximum absolute atomic E-state index is 11.6. The molecular formula is C16H16N2O2. The van der Waals surface area contributed by atoms with Gasteiger partial charge in [0.05, 0.1) is 18.6 Å². The number of ether oxygens (including phenoxy) is 1. The van der Waals surface area contributed by atoms with E-state index < -0.39 is 0 Å². The van der Waals surface area contributed by atoms with Crippen molar-refractivity contribution in [3.63, 3.8) is 0 Å². The van der Waals surface area contributed by atoms with Gasteiger partial charge in [0.1, 0.15) is 6.10 Å². The fourth-order valence-corrected chi connectivity index (χ4v) is 2.22. The molecule has 2 heterocycles. The molecule has 102 valence electrons. The van der Waals surface area contributed by atoms with Crippen molar-refractivity contribution in [2.24, 2.45) is 0 Å². The maximum atomic E-state index is 11.6. The third-order valence-electron chi connectivity index (χ3n) is 3.33. The van der Waals surface area contributed by atoms with E-state index in [1.54, 1.807) is 17.1 Å². The Balaban J connectivity index is 1.62. The van der Waals surface area contributed by atoms with Gasteiger partial charge in [-0.1, -0.05) is 24.3 Å². The van der Waals surface area contributed by atoms with Crippen molar-refractivity contribution in [2.75, 3.05) is 13.1 Å². The molecule has 1 aromatic carbocycles. The van der Waals surface area contributed by atoms with E-state index in [0.717, 1.165) is 10.9 Å². The van der Waals surface area contributed by atoms with Gasteiger partial charge in [0, 0.05) is 11.5 Å². The summed E-state index contributed by atoms with van der Waals surface area (Å²) in [5.41, 5.74) is 0.922. The number of carbonyl (C=O) groups excluding carboxylic acids is 1. The van der Waals surface area contributed by atoms with Gasteiger partial charge in [-0.05, 0) is 25.1 Å². The first-order valence-electron chi connectivity index (χ1n) is 6.70. The zero-order chi connectivity index (χ0) is 13.9. The predicted octanol–water partition coefficient (Wildman–Crippen LogP) is 2.40. The van der Waals surface area contributed by atoms with Gasteiger partial charge in [-0.15, -0.1) is 0 Å². The normalized spacial score (nSPS) is 15.6. The van der Waals surface area contributed by atoms with Gasteiger partial charge in [0.15, 0.2) is 0 Å². The second-order valence-corrected chi connectivity index (χ2v) is 4.83. The Morgan fingerprint density at radius 3 is 2.90 bits per heavy atom. The molecule has 20 heavy (non-hydrogen) atoms. The van der Waals surface area contributed by atoms with Crippen LogP contribution >= 0.6 is 0 Å². The van der Waals surface area contributed by atoms with Gasteiger partial charge in [0.25, 0.3) is 0 Å². The molecule has 1 aliphatic heterocycles. The Labute approximate surface area is 117 Å². The first-order valence-corrected chi connectivity index (χ1v) is 6.70. The summed E-state index contributed by atoms with van der Waals surface area (Å²) in [5, 5.41) is 1.10. The van der Waals surface area contributed by atoms with Gasteiger partial charge in [-0.2, -0.15) is 0 Å². The molecule has 1 amide bonds. The lowest BCUT2D eigenvalue weighted by molar-refractivity contribution is -0.134. The molecule has 1 fully saturated rings. The molecular weight excluding hydrogens is 252 g/mol. The Morgan fingerprint density at radius 2 is 2.10 bits per heavy atom. The number of carbonyl (C=O) groups is 1. The Bertz CT molecular complexity index is 660. The number of aromatic nitrogens is 1. The van der Waals surface area contributed by atoms with E-state index in [2.05, 4.69) is 4.98 Å². The molecule has 0 spiro atoms. The van der Waals surface area contributed by atoms with Crippen LogP contribution in [0, 0.1) is 0 Å². The van der Waals surface area contributed by atoms with Crippen molar-refractivity contribution in [1.82, 2.24) is 9.88 Å². The van der Waals surface area contributed by atoms with Crippen LogP contribution in [-0.4, -0.2) is 35.0 Å². The van der Waals surface area contributed by atoms with E-state index in [4.69, 9.17) is 4.74 Å². The summed E-state index contributed by atoms with van der Waals surface area (Å²) >= 11 is 0. The van der Waals surface area contributed by atoms with Gasteiger partial charge < -0.3 is 9.64 Å². The van der Waals surface area contributed by atoms with E-state index >= 15 is 0 Å².